The minimum atomic E-state index is -0.428. The number of ether oxygens (including phenoxy) is 1. The van der Waals surface area contributed by atoms with Crippen LogP contribution in [0.4, 0.5) is 4.39 Å². The number of halogens is 1. The predicted octanol–water partition coefficient (Wildman–Crippen LogP) is 5.64. The number of thiophene rings is 2. The predicted molar refractivity (Wildman–Crippen MR) is 134 cm³/mol. The quantitative estimate of drug-likeness (QED) is 0.382. The van der Waals surface area contributed by atoms with E-state index >= 15 is 0 Å². The summed E-state index contributed by atoms with van der Waals surface area (Å²) in [6.07, 6.45) is 1.58. The molecule has 0 N–H and O–H groups in total. The van der Waals surface area contributed by atoms with Crippen LogP contribution in [-0.2, 0) is 11.2 Å². The number of hydrogen-bond acceptors (Lipinski definition) is 5. The lowest BCUT2D eigenvalue weighted by atomic mass is 10.0. The van der Waals surface area contributed by atoms with Crippen molar-refractivity contribution < 1.29 is 18.7 Å². The molecule has 0 fully saturated rings. The zero-order valence-electron chi connectivity index (χ0n) is 19.4. The first kappa shape index (κ1) is 24.4. The van der Waals surface area contributed by atoms with Crippen molar-refractivity contribution in [1.29, 1.82) is 0 Å². The van der Waals surface area contributed by atoms with Crippen molar-refractivity contribution in [1.82, 2.24) is 9.80 Å². The van der Waals surface area contributed by atoms with Gasteiger partial charge < -0.3 is 14.5 Å². The standard InChI is InChI=1S/C26H29FN2O3S2/c1-18(2)9-12-28(26(31)24-8-5-14-33-24)16-25(30)29-13-10-23-19(11-15-34-23)21(29)17-32-22-7-4-3-6-20(22)27/h3-8,11,14-15,18,21H,9-10,12-13,16-17H2,1-2H3. The van der Waals surface area contributed by atoms with Gasteiger partial charge in [-0.15, -0.1) is 22.7 Å². The van der Waals surface area contributed by atoms with Crippen molar-refractivity contribution in [3.63, 3.8) is 0 Å². The highest BCUT2D eigenvalue weighted by Crippen LogP contribution is 2.34. The summed E-state index contributed by atoms with van der Waals surface area (Å²) in [5, 5.41) is 3.89. The largest absolute Gasteiger partial charge is 0.488 e. The Morgan fingerprint density at radius 2 is 1.97 bits per heavy atom. The van der Waals surface area contributed by atoms with Crippen molar-refractivity contribution in [2.75, 3.05) is 26.2 Å². The van der Waals surface area contributed by atoms with E-state index in [1.807, 2.05) is 22.9 Å². The third kappa shape index (κ3) is 5.67. The van der Waals surface area contributed by atoms with E-state index in [9.17, 15) is 14.0 Å². The fraction of sp³-hybridized carbons (Fsp3) is 0.385. The number of amides is 2. The Morgan fingerprint density at radius 3 is 2.71 bits per heavy atom. The van der Waals surface area contributed by atoms with Gasteiger partial charge >= 0.3 is 0 Å². The maximum atomic E-state index is 14.1. The van der Waals surface area contributed by atoms with Crippen molar-refractivity contribution in [3.8, 4) is 5.75 Å². The summed E-state index contributed by atoms with van der Waals surface area (Å²) in [4.78, 5) is 32.0. The minimum absolute atomic E-state index is 0.0130. The Labute approximate surface area is 207 Å². The van der Waals surface area contributed by atoms with Crippen molar-refractivity contribution in [3.05, 3.63) is 74.4 Å². The SMILES string of the molecule is CC(C)CCN(CC(=O)N1CCc2sccc2C1COc1ccccc1F)C(=O)c1cccs1. The molecular weight excluding hydrogens is 471 g/mol. The molecule has 1 aliphatic heterocycles. The minimum Gasteiger partial charge on any atom is -0.488 e. The van der Waals surface area contributed by atoms with E-state index in [2.05, 4.69) is 13.8 Å². The lowest BCUT2D eigenvalue weighted by Crippen LogP contribution is -2.48. The molecule has 0 spiro atoms. The molecule has 0 saturated carbocycles. The number of carbonyl (C=O) groups is 2. The summed E-state index contributed by atoms with van der Waals surface area (Å²) >= 11 is 3.05. The van der Waals surface area contributed by atoms with Crippen LogP contribution >= 0.6 is 22.7 Å². The lowest BCUT2D eigenvalue weighted by molar-refractivity contribution is -0.135. The topological polar surface area (TPSA) is 49.9 Å². The van der Waals surface area contributed by atoms with E-state index in [0.717, 1.165) is 18.4 Å². The van der Waals surface area contributed by atoms with Gasteiger partial charge in [-0.1, -0.05) is 32.0 Å². The van der Waals surface area contributed by atoms with E-state index in [1.165, 1.54) is 22.3 Å². The number of rotatable bonds is 9. The molecule has 5 nitrogen and oxygen atoms in total. The molecule has 2 aromatic heterocycles. The van der Waals surface area contributed by atoms with E-state index in [0.29, 0.717) is 23.9 Å². The highest BCUT2D eigenvalue weighted by atomic mass is 32.1. The van der Waals surface area contributed by atoms with Crippen LogP contribution in [0.5, 0.6) is 5.75 Å². The van der Waals surface area contributed by atoms with E-state index in [-0.39, 0.29) is 36.8 Å². The summed E-state index contributed by atoms with van der Waals surface area (Å²) in [5.41, 5.74) is 1.04. The van der Waals surface area contributed by atoms with E-state index in [1.54, 1.807) is 45.4 Å². The summed E-state index contributed by atoms with van der Waals surface area (Å²) in [5.74, 6) is -0.0742. The number of benzene rings is 1. The van der Waals surface area contributed by atoms with Crippen LogP contribution in [0.1, 0.15) is 46.4 Å². The molecule has 34 heavy (non-hydrogen) atoms. The number of carbonyl (C=O) groups excluding carboxylic acids is 2. The number of fused-ring (bicyclic) bond motifs is 1. The molecule has 180 valence electrons. The maximum absolute atomic E-state index is 14.1. The number of nitrogens with zero attached hydrogens (tertiary/aromatic N) is 2. The molecule has 8 heteroatoms. The van der Waals surface area contributed by atoms with Crippen LogP contribution in [-0.4, -0.2) is 47.9 Å². The van der Waals surface area contributed by atoms with E-state index in [4.69, 9.17) is 4.74 Å². The average molecular weight is 501 g/mol. The van der Waals surface area contributed by atoms with Gasteiger partial charge in [0.1, 0.15) is 13.2 Å². The van der Waals surface area contributed by atoms with Crippen LogP contribution in [0.3, 0.4) is 0 Å². The van der Waals surface area contributed by atoms with Gasteiger partial charge in [-0.25, -0.2) is 4.39 Å². The van der Waals surface area contributed by atoms with Gasteiger partial charge in [0.15, 0.2) is 11.6 Å². The van der Waals surface area contributed by atoms with Crippen molar-refractivity contribution in [2.45, 2.75) is 32.7 Å². The Hall–Kier alpha value is -2.71. The molecule has 1 aromatic carbocycles. The number of para-hydroxylation sites is 1. The van der Waals surface area contributed by atoms with Gasteiger partial charge in [0.05, 0.1) is 10.9 Å². The Bertz CT molecular complexity index is 1110. The first-order valence-corrected chi connectivity index (χ1v) is 13.3. The van der Waals surface area contributed by atoms with Gasteiger partial charge in [0.2, 0.25) is 5.91 Å². The van der Waals surface area contributed by atoms with Gasteiger partial charge in [0, 0.05) is 18.0 Å². The van der Waals surface area contributed by atoms with Crippen LogP contribution < -0.4 is 4.74 Å². The van der Waals surface area contributed by atoms with Gasteiger partial charge in [-0.05, 0) is 59.3 Å². The maximum Gasteiger partial charge on any atom is 0.264 e. The molecule has 1 aliphatic rings. The Kier molecular flexibility index (Phi) is 8.00. The molecule has 0 saturated heterocycles. The molecule has 1 atom stereocenters. The van der Waals surface area contributed by atoms with Gasteiger partial charge in [-0.3, -0.25) is 9.59 Å². The fourth-order valence-electron chi connectivity index (χ4n) is 4.08. The fourth-order valence-corrected chi connectivity index (χ4v) is 5.70. The third-order valence-corrected chi connectivity index (χ3v) is 7.82. The molecule has 4 rings (SSSR count). The molecule has 1 unspecified atom stereocenters. The summed E-state index contributed by atoms with van der Waals surface area (Å²) < 4.78 is 20.0. The third-order valence-electron chi connectivity index (χ3n) is 5.97. The first-order valence-electron chi connectivity index (χ1n) is 11.5. The zero-order chi connectivity index (χ0) is 24.1. The second kappa shape index (κ2) is 11.1. The second-order valence-corrected chi connectivity index (χ2v) is 10.7. The van der Waals surface area contributed by atoms with Crippen LogP contribution in [0.25, 0.3) is 0 Å². The molecular formula is C26H29FN2O3S2. The Balaban J connectivity index is 1.52. The number of hydrogen-bond donors (Lipinski definition) is 0. The molecule has 0 radical (unpaired) electrons. The highest BCUT2D eigenvalue weighted by molar-refractivity contribution is 7.12. The first-order chi connectivity index (χ1) is 16.4. The summed E-state index contributed by atoms with van der Waals surface area (Å²) in [6, 6.07) is 11.6. The van der Waals surface area contributed by atoms with Crippen LogP contribution in [0, 0.1) is 11.7 Å². The molecule has 0 bridgehead atoms. The van der Waals surface area contributed by atoms with Crippen LogP contribution in [0.2, 0.25) is 0 Å². The molecule has 2 amide bonds. The van der Waals surface area contributed by atoms with Crippen molar-refractivity contribution >= 4 is 34.5 Å². The summed E-state index contributed by atoms with van der Waals surface area (Å²) in [7, 11) is 0. The Morgan fingerprint density at radius 1 is 1.15 bits per heavy atom. The van der Waals surface area contributed by atoms with Gasteiger partial charge in [0.25, 0.3) is 5.91 Å². The molecule has 3 heterocycles. The second-order valence-electron chi connectivity index (χ2n) is 8.78. The highest BCUT2D eigenvalue weighted by Gasteiger charge is 2.34. The van der Waals surface area contributed by atoms with Gasteiger partial charge in [-0.2, -0.15) is 0 Å². The van der Waals surface area contributed by atoms with Crippen LogP contribution in [0.15, 0.2) is 53.2 Å². The average Bonchev–Trinajstić information content (AvgIpc) is 3.52. The zero-order valence-corrected chi connectivity index (χ0v) is 21.0. The van der Waals surface area contributed by atoms with Crippen molar-refractivity contribution in [2.24, 2.45) is 5.92 Å². The lowest BCUT2D eigenvalue weighted by Gasteiger charge is -2.37. The summed E-state index contributed by atoms with van der Waals surface area (Å²) in [6.45, 7) is 5.44. The van der Waals surface area contributed by atoms with E-state index < -0.39 is 5.82 Å². The normalized spacial score (nSPS) is 15.3. The smallest absolute Gasteiger partial charge is 0.264 e. The molecule has 3 aromatic rings. The molecule has 0 aliphatic carbocycles. The monoisotopic (exact) mass is 500 g/mol.